The Hall–Kier alpha value is -1.35. The van der Waals surface area contributed by atoms with Gasteiger partial charge in [0.05, 0.1) is 0 Å². The van der Waals surface area contributed by atoms with Crippen LogP contribution < -0.4 is 0 Å². The van der Waals surface area contributed by atoms with Crippen molar-refractivity contribution >= 4 is 34.9 Å². The second-order valence-electron chi connectivity index (χ2n) is 6.96. The number of halogens is 1. The first kappa shape index (κ1) is 18.4. The van der Waals surface area contributed by atoms with Gasteiger partial charge in [-0.2, -0.15) is 0 Å². The number of thiophene rings is 1. The van der Waals surface area contributed by atoms with E-state index in [9.17, 15) is 0 Å². The molecule has 1 aliphatic carbocycles. The molecule has 25 heavy (non-hydrogen) atoms. The topological polar surface area (TPSA) is 3.24 Å². The Labute approximate surface area is 161 Å². The average molecular weight is 372 g/mol. The van der Waals surface area contributed by atoms with Gasteiger partial charge in [-0.25, -0.2) is 0 Å². The summed E-state index contributed by atoms with van der Waals surface area (Å²) in [7, 11) is 0. The molecule has 1 nitrogen and oxygen atoms in total. The first-order valence-corrected chi connectivity index (χ1v) is 9.96. The van der Waals surface area contributed by atoms with E-state index in [1.54, 1.807) is 11.1 Å². The standard InChI is InChI=1S/C22H25NS.ClH/c1-2-7-19(8-3-1)21-9-4-6-18(16-21)17-23-13-11-20(12-14-23)22-10-5-15-24-22;/h1-3,5,7-11,15,18H,4,6,12-14,16-17H2;1H. The summed E-state index contributed by atoms with van der Waals surface area (Å²) < 4.78 is 0. The van der Waals surface area contributed by atoms with E-state index in [-0.39, 0.29) is 12.4 Å². The molecule has 2 aromatic rings. The van der Waals surface area contributed by atoms with Crippen molar-refractivity contribution in [2.24, 2.45) is 5.92 Å². The van der Waals surface area contributed by atoms with Crippen LogP contribution in [0.15, 0.2) is 60.0 Å². The first-order valence-electron chi connectivity index (χ1n) is 9.08. The van der Waals surface area contributed by atoms with E-state index in [0.29, 0.717) is 0 Å². The summed E-state index contributed by atoms with van der Waals surface area (Å²) in [4.78, 5) is 4.11. The highest BCUT2D eigenvalue weighted by atomic mass is 35.5. The van der Waals surface area contributed by atoms with Crippen molar-refractivity contribution in [1.82, 2.24) is 4.90 Å². The fourth-order valence-corrected chi connectivity index (χ4v) is 4.76. The van der Waals surface area contributed by atoms with Gasteiger partial charge in [-0.3, -0.25) is 4.90 Å². The molecule has 1 aromatic carbocycles. The minimum atomic E-state index is 0. The van der Waals surface area contributed by atoms with Crippen LogP contribution in [0, 0.1) is 5.92 Å². The van der Waals surface area contributed by atoms with Crippen molar-refractivity contribution in [2.45, 2.75) is 25.7 Å². The minimum Gasteiger partial charge on any atom is -0.299 e. The van der Waals surface area contributed by atoms with E-state index >= 15 is 0 Å². The smallest absolute Gasteiger partial charge is 0.0300 e. The van der Waals surface area contributed by atoms with Crippen molar-refractivity contribution in [2.75, 3.05) is 19.6 Å². The van der Waals surface area contributed by atoms with Gasteiger partial charge >= 0.3 is 0 Å². The highest BCUT2D eigenvalue weighted by molar-refractivity contribution is 7.11. The zero-order valence-electron chi connectivity index (χ0n) is 14.6. The molecule has 1 aromatic heterocycles. The van der Waals surface area contributed by atoms with Gasteiger partial charge in [0.15, 0.2) is 0 Å². The summed E-state index contributed by atoms with van der Waals surface area (Å²) in [6, 6.07) is 15.3. The zero-order chi connectivity index (χ0) is 16.2. The van der Waals surface area contributed by atoms with Gasteiger partial charge in [0.1, 0.15) is 0 Å². The van der Waals surface area contributed by atoms with Crippen LogP contribution in [0.1, 0.15) is 36.1 Å². The molecule has 0 saturated heterocycles. The lowest BCUT2D eigenvalue weighted by atomic mass is 9.85. The number of allylic oxidation sites excluding steroid dienone is 2. The molecule has 0 N–H and O–H groups in total. The van der Waals surface area contributed by atoms with Gasteiger partial charge in [0.2, 0.25) is 0 Å². The average Bonchev–Trinajstić information content (AvgIpc) is 3.18. The highest BCUT2D eigenvalue weighted by Crippen LogP contribution is 2.32. The third-order valence-corrected chi connectivity index (χ3v) is 6.21. The van der Waals surface area contributed by atoms with E-state index in [1.807, 2.05) is 11.3 Å². The van der Waals surface area contributed by atoms with Crippen LogP contribution in [0.4, 0.5) is 0 Å². The van der Waals surface area contributed by atoms with Gasteiger partial charge in [-0.15, -0.1) is 23.7 Å². The van der Waals surface area contributed by atoms with E-state index in [4.69, 9.17) is 0 Å². The lowest BCUT2D eigenvalue weighted by Gasteiger charge is -2.32. The molecule has 132 valence electrons. The number of benzene rings is 1. The maximum Gasteiger partial charge on any atom is 0.0300 e. The van der Waals surface area contributed by atoms with Crippen LogP contribution in [0.3, 0.4) is 0 Å². The Kier molecular flexibility index (Phi) is 6.52. The molecule has 1 atom stereocenters. The third-order valence-electron chi connectivity index (χ3n) is 5.27. The van der Waals surface area contributed by atoms with Crippen LogP contribution in [0.25, 0.3) is 11.1 Å². The van der Waals surface area contributed by atoms with Crippen LogP contribution >= 0.6 is 23.7 Å². The predicted octanol–water partition coefficient (Wildman–Crippen LogP) is 6.14. The fraction of sp³-hybridized carbons (Fsp3) is 0.364. The number of rotatable bonds is 4. The summed E-state index contributed by atoms with van der Waals surface area (Å²) in [5, 5.41) is 2.18. The number of hydrogen-bond donors (Lipinski definition) is 0. The molecule has 0 radical (unpaired) electrons. The SMILES string of the molecule is C1=C(c2ccccc2)CC(CN2CC=C(c3cccs3)CC2)CC1.Cl. The molecule has 0 bridgehead atoms. The van der Waals surface area contributed by atoms with E-state index in [2.05, 4.69) is 64.9 Å². The Bertz CT molecular complexity index is 718. The highest BCUT2D eigenvalue weighted by Gasteiger charge is 2.21. The molecular weight excluding hydrogens is 346 g/mol. The van der Waals surface area contributed by atoms with E-state index < -0.39 is 0 Å². The Morgan fingerprint density at radius 3 is 2.60 bits per heavy atom. The summed E-state index contributed by atoms with van der Waals surface area (Å²) in [6.45, 7) is 3.58. The van der Waals surface area contributed by atoms with Crippen molar-refractivity contribution in [3.8, 4) is 0 Å². The summed E-state index contributed by atoms with van der Waals surface area (Å²) in [5.74, 6) is 0.807. The van der Waals surface area contributed by atoms with Gasteiger partial charge < -0.3 is 0 Å². The van der Waals surface area contributed by atoms with Crippen LogP contribution in [0.5, 0.6) is 0 Å². The molecule has 2 heterocycles. The molecule has 0 saturated carbocycles. The zero-order valence-corrected chi connectivity index (χ0v) is 16.2. The van der Waals surface area contributed by atoms with Crippen molar-refractivity contribution in [3.63, 3.8) is 0 Å². The van der Waals surface area contributed by atoms with Crippen LogP contribution in [0.2, 0.25) is 0 Å². The van der Waals surface area contributed by atoms with Crippen molar-refractivity contribution in [1.29, 1.82) is 0 Å². The molecular formula is C22H26ClNS. The maximum absolute atomic E-state index is 2.65. The van der Waals surface area contributed by atoms with Gasteiger partial charge in [0, 0.05) is 24.5 Å². The molecule has 2 aliphatic rings. The van der Waals surface area contributed by atoms with Crippen molar-refractivity contribution < 1.29 is 0 Å². The van der Waals surface area contributed by atoms with E-state index in [1.165, 1.54) is 49.2 Å². The molecule has 1 unspecified atom stereocenters. The normalized spacial score (nSPS) is 21.2. The monoisotopic (exact) mass is 371 g/mol. The van der Waals surface area contributed by atoms with Crippen molar-refractivity contribution in [3.05, 3.63) is 70.4 Å². The fourth-order valence-electron chi connectivity index (χ4n) is 3.96. The molecule has 0 fully saturated rings. The molecule has 1 aliphatic heterocycles. The first-order chi connectivity index (χ1) is 11.9. The summed E-state index contributed by atoms with van der Waals surface area (Å²) in [6.07, 6.45) is 9.92. The Balaban J connectivity index is 0.00000182. The second-order valence-corrected chi connectivity index (χ2v) is 7.91. The van der Waals surface area contributed by atoms with Gasteiger partial charge in [-0.1, -0.05) is 48.6 Å². The minimum absolute atomic E-state index is 0. The quantitative estimate of drug-likeness (QED) is 0.623. The van der Waals surface area contributed by atoms with Crippen LogP contribution in [-0.2, 0) is 0 Å². The Morgan fingerprint density at radius 1 is 1.00 bits per heavy atom. The maximum atomic E-state index is 2.65. The summed E-state index contributed by atoms with van der Waals surface area (Å²) in [5.41, 5.74) is 4.52. The largest absolute Gasteiger partial charge is 0.299 e. The molecule has 3 heteroatoms. The molecule has 0 amide bonds. The predicted molar refractivity (Wildman–Crippen MR) is 112 cm³/mol. The lowest BCUT2D eigenvalue weighted by molar-refractivity contribution is 0.244. The number of hydrogen-bond acceptors (Lipinski definition) is 2. The second kappa shape index (κ2) is 8.84. The number of nitrogens with zero attached hydrogens (tertiary/aromatic N) is 1. The lowest BCUT2D eigenvalue weighted by Crippen LogP contribution is -2.33. The van der Waals surface area contributed by atoms with Gasteiger partial charge in [-0.05, 0) is 59.8 Å². The molecule has 0 spiro atoms. The van der Waals surface area contributed by atoms with E-state index in [0.717, 1.165) is 12.5 Å². The van der Waals surface area contributed by atoms with Gasteiger partial charge in [0.25, 0.3) is 0 Å². The Morgan fingerprint density at radius 2 is 1.88 bits per heavy atom. The third kappa shape index (κ3) is 4.63. The van der Waals surface area contributed by atoms with Crippen LogP contribution in [-0.4, -0.2) is 24.5 Å². The summed E-state index contributed by atoms with van der Waals surface area (Å²) >= 11 is 1.87. The molecule has 4 rings (SSSR count).